The van der Waals surface area contributed by atoms with Crippen LogP contribution in [0.3, 0.4) is 0 Å². The molecule has 2 N–H and O–H groups in total. The van der Waals surface area contributed by atoms with Gasteiger partial charge < -0.3 is 14.8 Å². The van der Waals surface area contributed by atoms with Gasteiger partial charge >= 0.3 is 0 Å². The van der Waals surface area contributed by atoms with Crippen LogP contribution < -0.4 is 19.5 Å². The maximum Gasteiger partial charge on any atom is 0.261 e. The smallest absolute Gasteiger partial charge is 0.261 e. The number of ether oxygens (including phenoxy) is 2. The molecule has 0 saturated heterocycles. The summed E-state index contributed by atoms with van der Waals surface area (Å²) < 4.78 is 38.6. The van der Waals surface area contributed by atoms with Gasteiger partial charge in [0, 0.05) is 6.07 Å². The number of sulfonamides is 1. The second-order valence-corrected chi connectivity index (χ2v) is 8.35. The highest BCUT2D eigenvalue weighted by Gasteiger charge is 2.19. The molecule has 31 heavy (non-hydrogen) atoms. The van der Waals surface area contributed by atoms with Gasteiger partial charge in [-0.25, -0.2) is 8.42 Å². The van der Waals surface area contributed by atoms with Crippen molar-refractivity contribution in [2.75, 3.05) is 24.3 Å². The van der Waals surface area contributed by atoms with Crippen molar-refractivity contribution < 1.29 is 22.7 Å². The van der Waals surface area contributed by atoms with Gasteiger partial charge in [-0.1, -0.05) is 31.2 Å². The Hall–Kier alpha value is -3.52. The van der Waals surface area contributed by atoms with Gasteiger partial charge in [0.1, 0.15) is 11.5 Å². The summed E-state index contributed by atoms with van der Waals surface area (Å²) in [6.45, 7) is 1.99. The first-order valence-electron chi connectivity index (χ1n) is 9.62. The Morgan fingerprint density at radius 1 is 0.903 bits per heavy atom. The van der Waals surface area contributed by atoms with E-state index in [9.17, 15) is 13.2 Å². The second-order valence-electron chi connectivity index (χ2n) is 6.67. The third-order valence-corrected chi connectivity index (χ3v) is 6.10. The minimum atomic E-state index is -3.86. The fourth-order valence-corrected chi connectivity index (χ4v) is 4.05. The lowest BCUT2D eigenvalue weighted by Gasteiger charge is -2.15. The van der Waals surface area contributed by atoms with Crippen molar-refractivity contribution in [1.29, 1.82) is 0 Å². The fourth-order valence-electron chi connectivity index (χ4n) is 2.97. The Morgan fingerprint density at radius 2 is 1.61 bits per heavy atom. The average Bonchev–Trinajstić information content (AvgIpc) is 2.79. The third-order valence-electron chi connectivity index (χ3n) is 4.71. The number of hydrogen-bond donors (Lipinski definition) is 2. The van der Waals surface area contributed by atoms with Crippen LogP contribution >= 0.6 is 0 Å². The quantitative estimate of drug-likeness (QED) is 0.544. The van der Waals surface area contributed by atoms with Crippen LogP contribution in [0.15, 0.2) is 71.6 Å². The summed E-state index contributed by atoms with van der Waals surface area (Å²) in [4.78, 5) is 13.1. The first-order chi connectivity index (χ1) is 14.9. The van der Waals surface area contributed by atoms with Gasteiger partial charge in [0.15, 0.2) is 0 Å². The first-order valence-corrected chi connectivity index (χ1v) is 11.1. The molecule has 0 spiro atoms. The molecule has 0 radical (unpaired) electrons. The molecule has 0 unspecified atom stereocenters. The van der Waals surface area contributed by atoms with E-state index in [4.69, 9.17) is 9.47 Å². The van der Waals surface area contributed by atoms with Gasteiger partial charge in [0.05, 0.1) is 36.1 Å². The monoisotopic (exact) mass is 440 g/mol. The molecule has 0 saturated carbocycles. The molecule has 7 nitrogen and oxygen atoms in total. The Labute approximate surface area is 182 Å². The van der Waals surface area contributed by atoms with E-state index in [2.05, 4.69) is 10.0 Å². The van der Waals surface area contributed by atoms with Gasteiger partial charge in [0.25, 0.3) is 15.9 Å². The number of anilines is 2. The maximum atomic E-state index is 12.9. The van der Waals surface area contributed by atoms with Crippen molar-refractivity contribution >= 4 is 27.3 Å². The van der Waals surface area contributed by atoms with Crippen molar-refractivity contribution in [2.45, 2.75) is 18.2 Å². The molecular weight excluding hydrogens is 416 g/mol. The maximum absolute atomic E-state index is 12.9. The SMILES string of the molecule is CCc1ccc(S(=O)(=O)Nc2ccccc2C(=O)Nc2ccc(OC)cc2OC)cc1. The highest BCUT2D eigenvalue weighted by Crippen LogP contribution is 2.30. The normalized spacial score (nSPS) is 10.9. The zero-order chi connectivity index (χ0) is 22.4. The van der Waals surface area contributed by atoms with Crippen LogP contribution in [0.1, 0.15) is 22.8 Å². The van der Waals surface area contributed by atoms with Crippen LogP contribution in [0.25, 0.3) is 0 Å². The van der Waals surface area contributed by atoms with Crippen LogP contribution in [-0.4, -0.2) is 28.5 Å². The van der Waals surface area contributed by atoms with Gasteiger partial charge in [-0.05, 0) is 48.4 Å². The number of carbonyl (C=O) groups is 1. The first kappa shape index (κ1) is 22.2. The summed E-state index contributed by atoms with van der Waals surface area (Å²) >= 11 is 0. The number of benzene rings is 3. The van der Waals surface area contributed by atoms with Crippen molar-refractivity contribution in [2.24, 2.45) is 0 Å². The molecule has 3 rings (SSSR count). The van der Waals surface area contributed by atoms with Crippen LogP contribution in [0.2, 0.25) is 0 Å². The summed E-state index contributed by atoms with van der Waals surface area (Å²) in [7, 11) is -0.845. The molecular formula is C23H24N2O5S. The molecule has 0 heterocycles. The molecule has 3 aromatic rings. The molecule has 0 aliphatic carbocycles. The zero-order valence-corrected chi connectivity index (χ0v) is 18.3. The van der Waals surface area contributed by atoms with E-state index < -0.39 is 15.9 Å². The van der Waals surface area contributed by atoms with Gasteiger partial charge in [-0.15, -0.1) is 0 Å². The van der Waals surface area contributed by atoms with Crippen LogP contribution in [-0.2, 0) is 16.4 Å². The van der Waals surface area contributed by atoms with Gasteiger partial charge in [0.2, 0.25) is 0 Å². The number of carbonyl (C=O) groups excluding carboxylic acids is 1. The lowest BCUT2D eigenvalue weighted by atomic mass is 10.1. The number of hydrogen-bond acceptors (Lipinski definition) is 5. The molecule has 0 atom stereocenters. The molecule has 0 aliphatic rings. The molecule has 0 aliphatic heterocycles. The Morgan fingerprint density at radius 3 is 2.26 bits per heavy atom. The molecule has 0 aromatic heterocycles. The lowest BCUT2D eigenvalue weighted by Crippen LogP contribution is -2.19. The fraction of sp³-hybridized carbons (Fsp3) is 0.174. The molecule has 3 aromatic carbocycles. The largest absolute Gasteiger partial charge is 0.497 e. The van der Waals surface area contributed by atoms with Crippen LogP contribution in [0.5, 0.6) is 11.5 Å². The number of nitrogens with one attached hydrogen (secondary N) is 2. The average molecular weight is 441 g/mol. The van der Waals surface area contributed by atoms with E-state index in [0.29, 0.717) is 17.2 Å². The number of methoxy groups -OCH3 is 2. The van der Waals surface area contributed by atoms with Crippen molar-refractivity contribution in [1.82, 2.24) is 0 Å². The minimum absolute atomic E-state index is 0.122. The highest BCUT2D eigenvalue weighted by molar-refractivity contribution is 7.92. The molecule has 0 fully saturated rings. The van der Waals surface area contributed by atoms with E-state index in [1.807, 2.05) is 6.92 Å². The molecule has 8 heteroatoms. The van der Waals surface area contributed by atoms with Gasteiger partial charge in [-0.3, -0.25) is 9.52 Å². The number of para-hydroxylation sites is 1. The van der Waals surface area contributed by atoms with Gasteiger partial charge in [-0.2, -0.15) is 0 Å². The Kier molecular flexibility index (Phi) is 6.81. The molecule has 0 bridgehead atoms. The predicted octanol–water partition coefficient (Wildman–Crippen LogP) is 4.32. The van der Waals surface area contributed by atoms with E-state index in [1.54, 1.807) is 60.7 Å². The number of rotatable bonds is 8. The van der Waals surface area contributed by atoms with Crippen LogP contribution in [0.4, 0.5) is 11.4 Å². The highest BCUT2D eigenvalue weighted by atomic mass is 32.2. The Balaban J connectivity index is 1.87. The third kappa shape index (κ3) is 5.16. The molecule has 1 amide bonds. The topological polar surface area (TPSA) is 93.7 Å². The lowest BCUT2D eigenvalue weighted by molar-refractivity contribution is 0.102. The standard InChI is InChI=1S/C23H24N2O5S/c1-4-16-9-12-18(13-10-16)31(27,28)25-20-8-6-5-7-19(20)23(26)24-21-14-11-17(29-2)15-22(21)30-3/h5-15,25H,4H2,1-3H3,(H,24,26). The summed E-state index contributed by atoms with van der Waals surface area (Å²) in [5.41, 5.74) is 1.81. The van der Waals surface area contributed by atoms with Crippen molar-refractivity contribution in [3.05, 3.63) is 77.9 Å². The Bertz CT molecular complexity index is 1170. The predicted molar refractivity (Wildman–Crippen MR) is 121 cm³/mol. The van der Waals surface area contributed by atoms with Crippen molar-refractivity contribution in [3.63, 3.8) is 0 Å². The molecule has 162 valence electrons. The van der Waals surface area contributed by atoms with Crippen molar-refractivity contribution in [3.8, 4) is 11.5 Å². The summed E-state index contributed by atoms with van der Waals surface area (Å²) in [6, 6.07) is 18.0. The second kappa shape index (κ2) is 9.53. The van der Waals surface area contributed by atoms with E-state index in [1.165, 1.54) is 20.3 Å². The summed E-state index contributed by atoms with van der Waals surface area (Å²) in [5, 5.41) is 2.76. The zero-order valence-electron chi connectivity index (χ0n) is 17.5. The summed E-state index contributed by atoms with van der Waals surface area (Å²) in [5.74, 6) is 0.516. The van der Waals surface area contributed by atoms with E-state index >= 15 is 0 Å². The van der Waals surface area contributed by atoms with Crippen LogP contribution in [0, 0.1) is 0 Å². The number of aryl methyl sites for hydroxylation is 1. The minimum Gasteiger partial charge on any atom is -0.497 e. The summed E-state index contributed by atoms with van der Waals surface area (Å²) in [6.07, 6.45) is 0.811. The van der Waals surface area contributed by atoms with E-state index in [-0.39, 0.29) is 16.1 Å². The number of amides is 1. The van der Waals surface area contributed by atoms with E-state index in [0.717, 1.165) is 12.0 Å².